The Morgan fingerprint density at radius 2 is 1.45 bits per heavy atom. The zero-order chi connectivity index (χ0) is 30.5. The number of fused-ring (bicyclic) bond motifs is 1. The molecule has 2 aromatic carbocycles. The van der Waals surface area contributed by atoms with Crippen molar-refractivity contribution in [3.05, 3.63) is 46.6 Å². The number of phenols is 3. The van der Waals surface area contributed by atoms with Gasteiger partial charge in [0.15, 0.2) is 12.1 Å². The first kappa shape index (κ1) is 30.0. The molecular weight excluding hydrogens is 564 g/mol. The number of aromatic hydroxyl groups is 3. The van der Waals surface area contributed by atoms with E-state index in [4.69, 9.17) is 23.4 Å². The van der Waals surface area contributed by atoms with Gasteiger partial charge in [0.1, 0.15) is 70.9 Å². The van der Waals surface area contributed by atoms with Gasteiger partial charge in [-0.1, -0.05) is 12.1 Å². The van der Waals surface area contributed by atoms with E-state index >= 15 is 0 Å². The van der Waals surface area contributed by atoms with Crippen LogP contribution in [-0.2, 0) is 14.2 Å². The van der Waals surface area contributed by atoms with E-state index in [0.29, 0.717) is 0 Å². The van der Waals surface area contributed by atoms with Gasteiger partial charge in [0.25, 0.3) is 0 Å². The van der Waals surface area contributed by atoms with Crippen molar-refractivity contribution in [2.75, 3.05) is 6.61 Å². The SMILES string of the molecule is C[C@H]1O[C@@H](OC[C@@H]2O[C@H](Oc3c(-c4ccccc4O)oc4cc(O)cc(O)c4c3=O)[C@@H](O)[C@H](O)[C@H]2O)[C@H](O)[C@H](O)[C@H]1O. The average Bonchev–Trinajstić information content (AvgIpc) is 2.95. The van der Waals surface area contributed by atoms with Crippen LogP contribution in [0.25, 0.3) is 22.3 Å². The Hall–Kier alpha value is -3.51. The van der Waals surface area contributed by atoms with Gasteiger partial charge >= 0.3 is 0 Å². The summed E-state index contributed by atoms with van der Waals surface area (Å²) in [4.78, 5) is 13.6. The fraction of sp³-hybridized carbons (Fsp3) is 0.444. The monoisotopic (exact) mass is 594 g/mol. The first-order valence-electron chi connectivity index (χ1n) is 12.9. The van der Waals surface area contributed by atoms with Crippen molar-refractivity contribution in [1.29, 1.82) is 0 Å². The molecule has 1 aromatic heterocycles. The Bertz CT molecular complexity index is 1490. The summed E-state index contributed by atoms with van der Waals surface area (Å²) in [7, 11) is 0. The van der Waals surface area contributed by atoms with Crippen molar-refractivity contribution in [3.8, 4) is 34.3 Å². The van der Waals surface area contributed by atoms with Crippen LogP contribution in [0.2, 0.25) is 0 Å². The minimum atomic E-state index is -1.94. The van der Waals surface area contributed by atoms with Gasteiger partial charge in [-0.05, 0) is 19.1 Å². The first-order valence-corrected chi connectivity index (χ1v) is 12.9. The predicted molar refractivity (Wildman–Crippen MR) is 139 cm³/mol. The molecule has 0 radical (unpaired) electrons. The molecule has 2 aliphatic heterocycles. The van der Waals surface area contributed by atoms with Gasteiger partial charge in [-0.2, -0.15) is 0 Å². The molecule has 0 aliphatic carbocycles. The molecule has 2 fully saturated rings. The van der Waals surface area contributed by atoms with E-state index in [1.54, 1.807) is 0 Å². The number of phenolic OH excluding ortho intramolecular Hbond substituents is 3. The van der Waals surface area contributed by atoms with Crippen molar-refractivity contribution >= 4 is 11.0 Å². The molecule has 0 bridgehead atoms. The standard InChI is InChI=1S/C27H30O15/c1-9-17(31)20(34)22(36)26(39-9)38-8-15-18(32)21(35)23(37)27(41-15)42-25-19(33)16-13(30)6-10(28)7-14(16)40-24(25)11-4-2-3-5-12(11)29/h2-7,9,15,17-18,20-23,26-32,34-37H,8H2,1H3/t9-,15+,17+,18+,20-,21-,22-,23+,26-,27-/m1/s1. The molecule has 228 valence electrons. The number of rotatable bonds is 6. The molecule has 0 amide bonds. The molecule has 42 heavy (non-hydrogen) atoms. The van der Waals surface area contributed by atoms with E-state index in [1.807, 2.05) is 0 Å². The van der Waals surface area contributed by atoms with E-state index < -0.39 is 96.1 Å². The lowest BCUT2D eigenvalue weighted by Gasteiger charge is -2.42. The Morgan fingerprint density at radius 1 is 0.786 bits per heavy atom. The Kier molecular flexibility index (Phi) is 8.30. The van der Waals surface area contributed by atoms with Crippen molar-refractivity contribution in [2.45, 2.75) is 68.3 Å². The first-order chi connectivity index (χ1) is 19.9. The van der Waals surface area contributed by atoms with Gasteiger partial charge < -0.3 is 69.3 Å². The molecule has 0 saturated carbocycles. The van der Waals surface area contributed by atoms with Crippen molar-refractivity contribution in [2.24, 2.45) is 0 Å². The number of aliphatic hydroxyl groups is 6. The third-order valence-corrected chi connectivity index (χ3v) is 7.20. The molecule has 15 nitrogen and oxygen atoms in total. The number of aliphatic hydroxyl groups excluding tert-OH is 6. The molecule has 3 heterocycles. The fourth-order valence-corrected chi connectivity index (χ4v) is 4.83. The van der Waals surface area contributed by atoms with Crippen LogP contribution in [-0.4, -0.2) is 114 Å². The number of para-hydroxylation sites is 1. The number of hydrogen-bond acceptors (Lipinski definition) is 15. The maximum Gasteiger partial charge on any atom is 0.239 e. The lowest BCUT2D eigenvalue weighted by atomic mass is 9.98. The normalized spacial score (nSPS) is 33.5. The van der Waals surface area contributed by atoms with Crippen LogP contribution in [0.1, 0.15) is 6.92 Å². The maximum absolute atomic E-state index is 13.6. The summed E-state index contributed by atoms with van der Waals surface area (Å²) < 4.78 is 27.9. The van der Waals surface area contributed by atoms with Crippen LogP contribution in [0.5, 0.6) is 23.0 Å². The van der Waals surface area contributed by atoms with Crippen LogP contribution in [0.3, 0.4) is 0 Å². The van der Waals surface area contributed by atoms with Gasteiger partial charge in [0.2, 0.25) is 17.5 Å². The zero-order valence-electron chi connectivity index (χ0n) is 21.9. The van der Waals surface area contributed by atoms with E-state index in [-0.39, 0.29) is 22.7 Å². The summed E-state index contributed by atoms with van der Waals surface area (Å²) in [5.41, 5.74) is -1.29. The van der Waals surface area contributed by atoms with Crippen LogP contribution in [0, 0.1) is 0 Å². The lowest BCUT2D eigenvalue weighted by Crippen LogP contribution is -2.61. The second-order valence-electron chi connectivity index (χ2n) is 10.1. The highest BCUT2D eigenvalue weighted by Crippen LogP contribution is 2.40. The summed E-state index contributed by atoms with van der Waals surface area (Å²) in [6, 6.07) is 7.63. The molecule has 15 heteroatoms. The van der Waals surface area contributed by atoms with Gasteiger partial charge in [-0.3, -0.25) is 4.79 Å². The Balaban J connectivity index is 1.47. The largest absolute Gasteiger partial charge is 0.508 e. The minimum Gasteiger partial charge on any atom is -0.508 e. The second kappa shape index (κ2) is 11.6. The van der Waals surface area contributed by atoms with Gasteiger partial charge in [0, 0.05) is 12.1 Å². The maximum atomic E-state index is 13.6. The smallest absolute Gasteiger partial charge is 0.239 e. The minimum absolute atomic E-state index is 0.0431. The van der Waals surface area contributed by atoms with Gasteiger partial charge in [0.05, 0.1) is 18.3 Å². The van der Waals surface area contributed by atoms with E-state index in [2.05, 4.69) is 0 Å². The molecule has 0 spiro atoms. The third kappa shape index (κ3) is 5.37. The molecule has 5 rings (SSSR count). The number of benzene rings is 2. The summed E-state index contributed by atoms with van der Waals surface area (Å²) in [6.45, 7) is 0.850. The van der Waals surface area contributed by atoms with Crippen LogP contribution in [0.15, 0.2) is 45.6 Å². The molecule has 10 atom stereocenters. The quantitative estimate of drug-likeness (QED) is 0.159. The van der Waals surface area contributed by atoms with Crippen molar-refractivity contribution < 1.29 is 69.3 Å². The van der Waals surface area contributed by atoms with Gasteiger partial charge in [-0.15, -0.1) is 0 Å². The molecular formula is C27H30O15. The van der Waals surface area contributed by atoms with Crippen LogP contribution >= 0.6 is 0 Å². The van der Waals surface area contributed by atoms with Crippen LogP contribution in [0.4, 0.5) is 0 Å². The van der Waals surface area contributed by atoms with E-state index in [0.717, 1.165) is 12.1 Å². The van der Waals surface area contributed by atoms with E-state index in [1.165, 1.54) is 31.2 Å². The highest BCUT2D eigenvalue weighted by molar-refractivity contribution is 5.88. The Morgan fingerprint density at radius 3 is 2.17 bits per heavy atom. The topological polar surface area (TPSA) is 249 Å². The van der Waals surface area contributed by atoms with Gasteiger partial charge in [-0.25, -0.2) is 0 Å². The van der Waals surface area contributed by atoms with Crippen LogP contribution < -0.4 is 10.2 Å². The summed E-state index contributed by atoms with van der Waals surface area (Å²) in [5.74, 6) is -2.45. The molecule has 3 aromatic rings. The molecule has 0 unspecified atom stereocenters. The lowest BCUT2D eigenvalue weighted by molar-refractivity contribution is -0.318. The summed E-state index contributed by atoms with van der Waals surface area (Å²) in [5, 5.41) is 92.1. The summed E-state index contributed by atoms with van der Waals surface area (Å²) >= 11 is 0. The van der Waals surface area contributed by atoms with E-state index in [9.17, 15) is 50.8 Å². The highest BCUT2D eigenvalue weighted by Gasteiger charge is 2.47. The Labute approximate surface area is 236 Å². The number of hydrogen-bond donors (Lipinski definition) is 9. The zero-order valence-corrected chi connectivity index (χ0v) is 21.9. The third-order valence-electron chi connectivity index (χ3n) is 7.20. The predicted octanol–water partition coefficient (Wildman–Crippen LogP) is -1.39. The highest BCUT2D eigenvalue weighted by atomic mass is 16.7. The fourth-order valence-electron chi connectivity index (χ4n) is 4.83. The van der Waals surface area contributed by atoms with Crippen molar-refractivity contribution in [3.63, 3.8) is 0 Å². The molecule has 2 saturated heterocycles. The summed E-state index contributed by atoms with van der Waals surface area (Å²) in [6.07, 6.45) is -15.9. The average molecular weight is 595 g/mol. The molecule has 9 N–H and O–H groups in total. The van der Waals surface area contributed by atoms with Crippen molar-refractivity contribution in [1.82, 2.24) is 0 Å². The number of ether oxygens (including phenoxy) is 4. The second-order valence-corrected chi connectivity index (χ2v) is 10.1. The molecule has 2 aliphatic rings.